The van der Waals surface area contributed by atoms with E-state index in [2.05, 4.69) is 10.1 Å². The summed E-state index contributed by atoms with van der Waals surface area (Å²) >= 11 is 0. The van der Waals surface area contributed by atoms with Crippen LogP contribution in [0.4, 0.5) is 0 Å². The van der Waals surface area contributed by atoms with Crippen molar-refractivity contribution < 1.29 is 9.90 Å². The molecule has 2 aromatic heterocycles. The van der Waals surface area contributed by atoms with E-state index < -0.39 is 5.97 Å². The molecule has 5 nitrogen and oxygen atoms in total. The van der Waals surface area contributed by atoms with Crippen LogP contribution in [0.2, 0.25) is 0 Å². The van der Waals surface area contributed by atoms with Crippen molar-refractivity contribution in [3.8, 4) is 5.69 Å². The van der Waals surface area contributed by atoms with Gasteiger partial charge in [-0.25, -0.2) is 14.5 Å². The summed E-state index contributed by atoms with van der Waals surface area (Å²) in [7, 11) is 0. The molecule has 0 atom stereocenters. The van der Waals surface area contributed by atoms with Gasteiger partial charge in [0, 0.05) is 11.1 Å². The number of aryl methyl sites for hydroxylation is 3. The summed E-state index contributed by atoms with van der Waals surface area (Å²) in [6, 6.07) is 8.67. The fourth-order valence-corrected chi connectivity index (χ4v) is 2.59. The second kappa shape index (κ2) is 4.70. The highest BCUT2D eigenvalue weighted by Gasteiger charge is 2.13. The lowest BCUT2D eigenvalue weighted by molar-refractivity contribution is 0.0697. The van der Waals surface area contributed by atoms with Gasteiger partial charge < -0.3 is 5.11 Å². The summed E-state index contributed by atoms with van der Waals surface area (Å²) in [5.74, 6) is -0.937. The van der Waals surface area contributed by atoms with Gasteiger partial charge in [-0.15, -0.1) is 0 Å². The van der Waals surface area contributed by atoms with E-state index in [0.717, 1.165) is 33.7 Å². The Morgan fingerprint density at radius 3 is 2.43 bits per heavy atom. The predicted molar refractivity (Wildman–Crippen MR) is 80.0 cm³/mol. The van der Waals surface area contributed by atoms with Crippen LogP contribution in [0.5, 0.6) is 0 Å². The molecule has 2 heterocycles. The van der Waals surface area contributed by atoms with Gasteiger partial charge in [0.15, 0.2) is 5.65 Å². The first kappa shape index (κ1) is 13.3. The average Bonchev–Trinajstić information content (AvgIpc) is 2.76. The van der Waals surface area contributed by atoms with Crippen molar-refractivity contribution in [3.63, 3.8) is 0 Å². The summed E-state index contributed by atoms with van der Waals surface area (Å²) in [5.41, 5.74) is 4.85. The number of pyridine rings is 1. The summed E-state index contributed by atoms with van der Waals surface area (Å²) in [4.78, 5) is 15.5. The van der Waals surface area contributed by atoms with Gasteiger partial charge in [0.25, 0.3) is 0 Å². The maximum atomic E-state index is 10.9. The Morgan fingerprint density at radius 2 is 1.81 bits per heavy atom. The molecule has 1 aromatic carbocycles. The Morgan fingerprint density at radius 1 is 1.14 bits per heavy atom. The number of aromatic nitrogens is 3. The first-order chi connectivity index (χ1) is 9.97. The van der Waals surface area contributed by atoms with Crippen LogP contribution in [0.3, 0.4) is 0 Å². The molecule has 0 aliphatic rings. The summed E-state index contributed by atoms with van der Waals surface area (Å²) in [6.45, 7) is 5.95. The molecule has 0 fully saturated rings. The third-order valence-electron chi connectivity index (χ3n) is 3.50. The Hall–Kier alpha value is -2.69. The zero-order chi connectivity index (χ0) is 15.1. The number of carboxylic acid groups (broad SMARTS) is 1. The molecule has 3 aromatic rings. The number of fused-ring (bicyclic) bond motifs is 1. The molecule has 5 heteroatoms. The Bertz CT molecular complexity index is 848. The first-order valence-electron chi connectivity index (χ1n) is 6.64. The Labute approximate surface area is 121 Å². The Balaban J connectivity index is 2.23. The van der Waals surface area contributed by atoms with E-state index >= 15 is 0 Å². The highest BCUT2D eigenvalue weighted by Crippen LogP contribution is 2.24. The zero-order valence-electron chi connectivity index (χ0n) is 12.1. The lowest BCUT2D eigenvalue weighted by Crippen LogP contribution is -2.01. The second-order valence-corrected chi connectivity index (χ2v) is 5.13. The van der Waals surface area contributed by atoms with E-state index in [0.29, 0.717) is 0 Å². The van der Waals surface area contributed by atoms with E-state index in [1.54, 1.807) is 28.9 Å². The molecule has 0 aliphatic carbocycles. The van der Waals surface area contributed by atoms with Gasteiger partial charge in [-0.3, -0.25) is 0 Å². The van der Waals surface area contributed by atoms with Crippen LogP contribution in [0.25, 0.3) is 16.7 Å². The van der Waals surface area contributed by atoms with Crippen LogP contribution >= 0.6 is 0 Å². The van der Waals surface area contributed by atoms with Crippen LogP contribution in [0, 0.1) is 20.8 Å². The number of aromatic carboxylic acids is 1. The topological polar surface area (TPSA) is 68.0 Å². The van der Waals surface area contributed by atoms with Gasteiger partial charge in [-0.2, -0.15) is 5.10 Å². The molecular formula is C16H15N3O2. The first-order valence-corrected chi connectivity index (χ1v) is 6.64. The van der Waals surface area contributed by atoms with E-state index in [1.165, 1.54) is 0 Å². The molecule has 0 bridgehead atoms. The number of rotatable bonds is 2. The number of nitrogens with zero attached hydrogens (tertiary/aromatic N) is 3. The standard InChI is InChI=1S/C16H15N3O2/c1-9-8-10(2)17-15-14(9)11(3)18-19(15)13-6-4-12(5-7-13)16(20)21/h4-8H,1-3H3,(H,20,21). The quantitative estimate of drug-likeness (QED) is 0.784. The lowest BCUT2D eigenvalue weighted by atomic mass is 10.1. The second-order valence-electron chi connectivity index (χ2n) is 5.13. The van der Waals surface area contributed by atoms with E-state index in [-0.39, 0.29) is 5.56 Å². The molecule has 0 unspecified atom stereocenters. The van der Waals surface area contributed by atoms with Crippen molar-refractivity contribution in [2.45, 2.75) is 20.8 Å². The van der Waals surface area contributed by atoms with E-state index in [4.69, 9.17) is 5.11 Å². The summed E-state index contributed by atoms with van der Waals surface area (Å²) < 4.78 is 1.76. The maximum Gasteiger partial charge on any atom is 0.335 e. The monoisotopic (exact) mass is 281 g/mol. The fraction of sp³-hybridized carbons (Fsp3) is 0.188. The molecular weight excluding hydrogens is 266 g/mol. The van der Waals surface area contributed by atoms with Crippen molar-refractivity contribution in [2.24, 2.45) is 0 Å². The number of carbonyl (C=O) groups is 1. The molecule has 106 valence electrons. The van der Waals surface area contributed by atoms with Gasteiger partial charge in [-0.05, 0) is 56.7 Å². The molecule has 3 rings (SSSR count). The summed E-state index contributed by atoms with van der Waals surface area (Å²) in [6.07, 6.45) is 0. The number of carboxylic acids is 1. The van der Waals surface area contributed by atoms with Crippen molar-refractivity contribution >= 4 is 17.0 Å². The molecule has 0 aliphatic heterocycles. The SMILES string of the molecule is Cc1cc(C)c2c(C)nn(-c3ccc(C(=O)O)cc3)c2n1. The highest BCUT2D eigenvalue weighted by molar-refractivity contribution is 5.88. The minimum absolute atomic E-state index is 0.257. The van der Waals surface area contributed by atoms with Crippen LogP contribution < -0.4 is 0 Å². The van der Waals surface area contributed by atoms with Crippen molar-refractivity contribution in [1.29, 1.82) is 0 Å². The minimum Gasteiger partial charge on any atom is -0.478 e. The molecule has 21 heavy (non-hydrogen) atoms. The zero-order valence-corrected chi connectivity index (χ0v) is 12.1. The normalized spacial score (nSPS) is 11.0. The maximum absolute atomic E-state index is 10.9. The van der Waals surface area contributed by atoms with Crippen molar-refractivity contribution in [2.75, 3.05) is 0 Å². The van der Waals surface area contributed by atoms with E-state index in [1.807, 2.05) is 26.8 Å². The third kappa shape index (κ3) is 2.16. The molecule has 0 saturated carbocycles. The molecule has 0 spiro atoms. The number of hydrogen-bond acceptors (Lipinski definition) is 3. The molecule has 1 N–H and O–H groups in total. The van der Waals surface area contributed by atoms with Crippen LogP contribution in [0.1, 0.15) is 27.3 Å². The molecule has 0 amide bonds. The van der Waals surface area contributed by atoms with Crippen LogP contribution in [-0.2, 0) is 0 Å². The van der Waals surface area contributed by atoms with Crippen LogP contribution in [-0.4, -0.2) is 25.8 Å². The van der Waals surface area contributed by atoms with Gasteiger partial charge in [-0.1, -0.05) is 0 Å². The third-order valence-corrected chi connectivity index (χ3v) is 3.50. The van der Waals surface area contributed by atoms with Gasteiger partial charge in [0.05, 0.1) is 16.9 Å². The smallest absolute Gasteiger partial charge is 0.335 e. The summed E-state index contributed by atoms with van der Waals surface area (Å²) in [5, 5.41) is 14.5. The molecule has 0 radical (unpaired) electrons. The van der Waals surface area contributed by atoms with Gasteiger partial charge >= 0.3 is 5.97 Å². The largest absolute Gasteiger partial charge is 0.478 e. The number of benzene rings is 1. The number of hydrogen-bond donors (Lipinski definition) is 1. The van der Waals surface area contributed by atoms with Gasteiger partial charge in [0.2, 0.25) is 0 Å². The average molecular weight is 281 g/mol. The van der Waals surface area contributed by atoms with Gasteiger partial charge in [0.1, 0.15) is 0 Å². The fourth-order valence-electron chi connectivity index (χ4n) is 2.59. The lowest BCUT2D eigenvalue weighted by Gasteiger charge is -2.05. The van der Waals surface area contributed by atoms with Crippen molar-refractivity contribution in [1.82, 2.24) is 14.8 Å². The predicted octanol–water partition coefficient (Wildman–Crippen LogP) is 3.04. The van der Waals surface area contributed by atoms with Crippen molar-refractivity contribution in [3.05, 3.63) is 52.8 Å². The Kier molecular flexibility index (Phi) is 2.97. The highest BCUT2D eigenvalue weighted by atomic mass is 16.4. The minimum atomic E-state index is -0.937. The van der Waals surface area contributed by atoms with E-state index in [9.17, 15) is 4.79 Å². The molecule has 0 saturated heterocycles. The van der Waals surface area contributed by atoms with Crippen LogP contribution in [0.15, 0.2) is 30.3 Å².